The van der Waals surface area contributed by atoms with Gasteiger partial charge >= 0.3 is 0 Å². The Labute approximate surface area is 138 Å². The molecule has 4 fully saturated rings. The number of rotatable bonds is 0. The van der Waals surface area contributed by atoms with Gasteiger partial charge in [0.1, 0.15) is 0 Å². The number of hydrogen-bond donors (Lipinski definition) is 0. The van der Waals surface area contributed by atoms with Crippen LogP contribution in [-0.4, -0.2) is 0 Å². The first-order valence-electron chi connectivity index (χ1n) is 10.2. The van der Waals surface area contributed by atoms with Gasteiger partial charge in [-0.1, -0.05) is 47.5 Å². The molecule has 0 amide bonds. The second kappa shape index (κ2) is 4.76. The summed E-state index contributed by atoms with van der Waals surface area (Å²) in [4.78, 5) is 0. The minimum absolute atomic E-state index is 0.592. The lowest BCUT2D eigenvalue weighted by molar-refractivity contribution is -0.0905. The Morgan fingerprint density at radius 1 is 0.727 bits per heavy atom. The maximum atomic E-state index is 2.62. The maximum absolute atomic E-state index is 2.62. The second-order valence-electron chi connectivity index (χ2n) is 11.5. The molecule has 0 aromatic rings. The lowest BCUT2D eigenvalue weighted by atomic mass is 9.46. The molecular weight excluding hydrogens is 264 g/mol. The third-order valence-electron chi connectivity index (χ3n) is 8.65. The van der Waals surface area contributed by atoms with Crippen LogP contribution in [0.15, 0.2) is 0 Å². The minimum Gasteiger partial charge on any atom is -0.0625 e. The van der Waals surface area contributed by atoms with Crippen molar-refractivity contribution in [3.63, 3.8) is 0 Å². The van der Waals surface area contributed by atoms with Crippen molar-refractivity contribution in [1.82, 2.24) is 0 Å². The van der Waals surface area contributed by atoms with Gasteiger partial charge in [-0.15, -0.1) is 0 Å². The fraction of sp³-hybridized carbons (Fsp3) is 1.00. The van der Waals surface area contributed by atoms with Crippen LogP contribution in [0, 0.1) is 45.8 Å². The Hall–Kier alpha value is 0. The molecule has 126 valence electrons. The molecule has 0 N–H and O–H groups in total. The molecule has 6 atom stereocenters. The highest BCUT2D eigenvalue weighted by molar-refractivity contribution is 5.08. The summed E-state index contributed by atoms with van der Waals surface area (Å²) in [6.45, 7) is 13.0. The van der Waals surface area contributed by atoms with E-state index in [1.54, 1.807) is 19.3 Å². The monoisotopic (exact) mass is 302 g/mol. The molecule has 0 heterocycles. The summed E-state index contributed by atoms with van der Waals surface area (Å²) in [5.74, 6) is 5.17. The van der Waals surface area contributed by atoms with Crippen LogP contribution < -0.4 is 0 Å². The summed E-state index contributed by atoms with van der Waals surface area (Å²) >= 11 is 0. The van der Waals surface area contributed by atoms with Crippen molar-refractivity contribution >= 4 is 0 Å². The van der Waals surface area contributed by atoms with Crippen LogP contribution in [0.5, 0.6) is 0 Å². The predicted octanol–water partition coefficient (Wildman–Crippen LogP) is 6.69. The molecular formula is C22H38. The van der Waals surface area contributed by atoms with Gasteiger partial charge < -0.3 is 0 Å². The molecule has 0 aliphatic heterocycles. The Morgan fingerprint density at radius 3 is 2.09 bits per heavy atom. The molecule has 1 spiro atoms. The molecule has 0 heteroatoms. The van der Waals surface area contributed by atoms with E-state index in [1.165, 1.54) is 38.5 Å². The van der Waals surface area contributed by atoms with Crippen LogP contribution in [0.3, 0.4) is 0 Å². The molecule has 0 aromatic carbocycles. The van der Waals surface area contributed by atoms with Crippen molar-refractivity contribution in [3.8, 4) is 0 Å². The van der Waals surface area contributed by atoms with Gasteiger partial charge in [-0.2, -0.15) is 0 Å². The smallest absolute Gasteiger partial charge is 0.0282 e. The zero-order chi connectivity index (χ0) is 15.8. The topological polar surface area (TPSA) is 0 Å². The van der Waals surface area contributed by atoms with Crippen LogP contribution >= 0.6 is 0 Å². The minimum atomic E-state index is 0.592. The van der Waals surface area contributed by atoms with Gasteiger partial charge in [0, 0.05) is 0 Å². The zero-order valence-corrected chi connectivity index (χ0v) is 15.8. The van der Waals surface area contributed by atoms with Gasteiger partial charge in [-0.25, -0.2) is 0 Å². The highest BCUT2D eigenvalue weighted by atomic mass is 14.6. The molecule has 4 aliphatic carbocycles. The Morgan fingerprint density at radius 2 is 1.36 bits per heavy atom. The summed E-state index contributed by atoms with van der Waals surface area (Å²) in [6.07, 6.45) is 13.9. The van der Waals surface area contributed by atoms with Crippen molar-refractivity contribution in [2.75, 3.05) is 0 Å². The quantitative estimate of drug-likeness (QED) is 0.467. The molecule has 0 nitrogen and oxygen atoms in total. The lowest BCUT2D eigenvalue weighted by Crippen LogP contribution is -2.50. The van der Waals surface area contributed by atoms with E-state index in [9.17, 15) is 0 Å². The molecule has 4 saturated carbocycles. The maximum Gasteiger partial charge on any atom is -0.0282 e. The number of hydrogen-bond acceptors (Lipinski definition) is 0. The van der Waals surface area contributed by atoms with E-state index in [-0.39, 0.29) is 0 Å². The Kier molecular flexibility index (Phi) is 3.36. The fourth-order valence-corrected chi connectivity index (χ4v) is 8.64. The molecule has 0 bridgehead atoms. The van der Waals surface area contributed by atoms with Crippen LogP contribution in [0.2, 0.25) is 0 Å². The summed E-state index contributed by atoms with van der Waals surface area (Å²) in [5.41, 5.74) is 1.89. The standard InChI is InChI=1S/C22H38/c1-15-9-17-12-22(14-21(4,5)19(17)10-15)11-16-7-6-8-18(16)20(2,3)13-22/h15-19H,6-14H2,1-5H3. The fourth-order valence-electron chi connectivity index (χ4n) is 8.64. The van der Waals surface area contributed by atoms with Crippen molar-refractivity contribution in [1.29, 1.82) is 0 Å². The molecule has 6 unspecified atom stereocenters. The van der Waals surface area contributed by atoms with Gasteiger partial charge in [0.15, 0.2) is 0 Å². The molecule has 0 radical (unpaired) electrons. The Balaban J connectivity index is 1.64. The third-order valence-corrected chi connectivity index (χ3v) is 8.65. The van der Waals surface area contributed by atoms with E-state index >= 15 is 0 Å². The predicted molar refractivity (Wildman–Crippen MR) is 94.7 cm³/mol. The van der Waals surface area contributed by atoms with Crippen molar-refractivity contribution in [3.05, 3.63) is 0 Å². The van der Waals surface area contributed by atoms with Gasteiger partial charge in [0.05, 0.1) is 0 Å². The van der Waals surface area contributed by atoms with Gasteiger partial charge in [0.25, 0.3) is 0 Å². The van der Waals surface area contributed by atoms with E-state index < -0.39 is 0 Å². The van der Waals surface area contributed by atoms with Gasteiger partial charge in [-0.05, 0) is 90.8 Å². The highest BCUT2D eigenvalue weighted by Gasteiger charge is 2.58. The first-order chi connectivity index (χ1) is 10.2. The number of fused-ring (bicyclic) bond motifs is 2. The van der Waals surface area contributed by atoms with E-state index in [1.807, 2.05) is 0 Å². The summed E-state index contributed by atoms with van der Waals surface area (Å²) in [5, 5.41) is 0. The SMILES string of the molecule is CC1CC2CC3(CC4CCCC4C(C)(C)C3)CC(C)(C)C2C1. The first kappa shape index (κ1) is 15.5. The first-order valence-corrected chi connectivity index (χ1v) is 10.2. The van der Waals surface area contributed by atoms with Crippen molar-refractivity contribution < 1.29 is 0 Å². The Bertz CT molecular complexity index is 445. The second-order valence-corrected chi connectivity index (χ2v) is 11.5. The average Bonchev–Trinajstić information content (AvgIpc) is 2.93. The average molecular weight is 303 g/mol. The van der Waals surface area contributed by atoms with E-state index in [0.717, 1.165) is 29.6 Å². The van der Waals surface area contributed by atoms with E-state index in [4.69, 9.17) is 0 Å². The molecule has 4 aliphatic rings. The summed E-state index contributed by atoms with van der Waals surface area (Å²) < 4.78 is 0. The lowest BCUT2D eigenvalue weighted by Gasteiger charge is -2.59. The van der Waals surface area contributed by atoms with E-state index in [2.05, 4.69) is 34.6 Å². The largest absolute Gasteiger partial charge is 0.0625 e. The van der Waals surface area contributed by atoms with Crippen molar-refractivity contribution in [2.24, 2.45) is 45.8 Å². The molecule has 4 rings (SSSR count). The molecule has 0 aromatic heterocycles. The van der Waals surface area contributed by atoms with Crippen LogP contribution in [0.1, 0.15) is 92.4 Å². The molecule has 22 heavy (non-hydrogen) atoms. The molecule has 0 saturated heterocycles. The highest BCUT2D eigenvalue weighted by Crippen LogP contribution is 2.68. The third kappa shape index (κ3) is 2.30. The van der Waals surface area contributed by atoms with Crippen LogP contribution in [-0.2, 0) is 0 Å². The summed E-state index contributed by atoms with van der Waals surface area (Å²) in [6, 6.07) is 0. The normalized spacial score (nSPS) is 52.5. The van der Waals surface area contributed by atoms with Gasteiger partial charge in [0.2, 0.25) is 0 Å². The zero-order valence-electron chi connectivity index (χ0n) is 15.8. The van der Waals surface area contributed by atoms with Crippen molar-refractivity contribution in [2.45, 2.75) is 92.4 Å². The van der Waals surface area contributed by atoms with E-state index in [0.29, 0.717) is 16.2 Å². The van der Waals surface area contributed by atoms with Gasteiger partial charge in [-0.3, -0.25) is 0 Å². The van der Waals surface area contributed by atoms with Crippen LogP contribution in [0.25, 0.3) is 0 Å². The van der Waals surface area contributed by atoms with Crippen LogP contribution in [0.4, 0.5) is 0 Å². The summed E-state index contributed by atoms with van der Waals surface area (Å²) in [7, 11) is 0.